The van der Waals surface area contributed by atoms with Crippen LogP contribution in [0.4, 0.5) is 0 Å². The highest BCUT2D eigenvalue weighted by atomic mass is 16.3. The molecule has 0 unspecified atom stereocenters. The molecule has 2 bridgehead atoms. The van der Waals surface area contributed by atoms with Crippen LogP contribution in [0.25, 0.3) is 0 Å². The molecule has 0 saturated heterocycles. The molecule has 2 saturated carbocycles. The fourth-order valence-corrected chi connectivity index (χ4v) is 3.22. The Labute approximate surface area is 73.6 Å². The van der Waals surface area contributed by atoms with E-state index >= 15 is 0 Å². The summed E-state index contributed by atoms with van der Waals surface area (Å²) in [4.78, 5) is 0. The maximum absolute atomic E-state index is 10.0. The zero-order chi connectivity index (χ0) is 9.15. The molecule has 2 rings (SSSR count). The Kier molecular flexibility index (Phi) is 1.45. The van der Waals surface area contributed by atoms with Crippen LogP contribution in [0, 0.1) is 16.7 Å². The number of rotatable bonds is 0. The summed E-state index contributed by atoms with van der Waals surface area (Å²) < 4.78 is 0. The third-order valence-corrected chi connectivity index (χ3v) is 4.34. The highest BCUT2D eigenvalue weighted by Crippen LogP contribution is 2.62. The molecular formula is C10H18O2. The minimum Gasteiger partial charge on any atom is -0.392 e. The molecular weight excluding hydrogens is 152 g/mol. The first-order valence-corrected chi connectivity index (χ1v) is 4.75. The fourth-order valence-electron chi connectivity index (χ4n) is 3.22. The number of aliphatic hydroxyl groups excluding tert-OH is 2. The summed E-state index contributed by atoms with van der Waals surface area (Å²) in [6, 6.07) is 0. The van der Waals surface area contributed by atoms with Gasteiger partial charge in [-0.25, -0.2) is 0 Å². The molecule has 0 heterocycles. The molecule has 2 fully saturated rings. The molecule has 0 aliphatic heterocycles. The van der Waals surface area contributed by atoms with Crippen molar-refractivity contribution in [2.75, 3.05) is 0 Å². The first kappa shape index (κ1) is 8.52. The first-order chi connectivity index (χ1) is 5.39. The van der Waals surface area contributed by atoms with Crippen molar-refractivity contribution in [3.8, 4) is 0 Å². The molecule has 2 aliphatic rings. The Hall–Kier alpha value is -0.0800. The highest BCUT2D eigenvalue weighted by molar-refractivity contribution is 5.12. The van der Waals surface area contributed by atoms with Crippen molar-refractivity contribution in [1.29, 1.82) is 0 Å². The number of aliphatic hydroxyl groups is 2. The molecule has 2 aliphatic carbocycles. The lowest BCUT2D eigenvalue weighted by Gasteiger charge is -2.41. The summed E-state index contributed by atoms with van der Waals surface area (Å²) in [5.41, 5.74) is -0.220. The molecule has 2 heteroatoms. The predicted octanol–water partition coefficient (Wildman–Crippen LogP) is 1.16. The molecule has 0 aromatic heterocycles. The van der Waals surface area contributed by atoms with E-state index in [4.69, 9.17) is 0 Å². The molecule has 12 heavy (non-hydrogen) atoms. The maximum atomic E-state index is 10.0. The number of fused-ring (bicyclic) bond motifs is 2. The van der Waals surface area contributed by atoms with Crippen LogP contribution in [0.5, 0.6) is 0 Å². The molecule has 0 aromatic rings. The summed E-state index contributed by atoms with van der Waals surface area (Å²) in [6.45, 7) is 6.23. The van der Waals surface area contributed by atoms with Crippen LogP contribution in [-0.2, 0) is 0 Å². The Morgan fingerprint density at radius 3 is 2.08 bits per heavy atom. The van der Waals surface area contributed by atoms with Crippen LogP contribution in [0.1, 0.15) is 33.6 Å². The van der Waals surface area contributed by atoms with Crippen LogP contribution < -0.4 is 0 Å². The van der Waals surface area contributed by atoms with E-state index in [2.05, 4.69) is 13.8 Å². The van der Waals surface area contributed by atoms with E-state index in [0.717, 1.165) is 12.8 Å². The number of hydrogen-bond acceptors (Lipinski definition) is 2. The number of hydrogen-bond donors (Lipinski definition) is 2. The highest BCUT2D eigenvalue weighted by Gasteiger charge is 2.63. The van der Waals surface area contributed by atoms with Crippen molar-refractivity contribution in [2.24, 2.45) is 16.7 Å². The Morgan fingerprint density at radius 1 is 1.17 bits per heavy atom. The molecule has 2 N–H and O–H groups in total. The molecule has 0 amide bonds. The zero-order valence-corrected chi connectivity index (χ0v) is 8.04. The second kappa shape index (κ2) is 2.05. The average molecular weight is 170 g/mol. The van der Waals surface area contributed by atoms with Gasteiger partial charge in [-0.3, -0.25) is 0 Å². The lowest BCUT2D eigenvalue weighted by molar-refractivity contribution is -0.0970. The second-order valence-electron chi connectivity index (χ2n) is 5.38. The lowest BCUT2D eigenvalue weighted by Crippen LogP contribution is -2.47. The third kappa shape index (κ3) is 0.728. The standard InChI is InChI=1S/C10H18O2/c1-9(2)6-4-7(11)10(3,5-6)8(9)12/h6-8,11-12H,4-5H2,1-3H3/t6-,7-,8-,10-/m1/s1. The van der Waals surface area contributed by atoms with Gasteiger partial charge in [-0.1, -0.05) is 20.8 Å². The van der Waals surface area contributed by atoms with Gasteiger partial charge in [-0.15, -0.1) is 0 Å². The van der Waals surface area contributed by atoms with Gasteiger partial charge in [0.05, 0.1) is 12.2 Å². The smallest absolute Gasteiger partial charge is 0.0672 e. The van der Waals surface area contributed by atoms with Crippen molar-refractivity contribution in [3.05, 3.63) is 0 Å². The minimum absolute atomic E-state index is 0.00792. The van der Waals surface area contributed by atoms with Gasteiger partial charge in [-0.05, 0) is 24.2 Å². The van der Waals surface area contributed by atoms with Gasteiger partial charge < -0.3 is 10.2 Å². The zero-order valence-electron chi connectivity index (χ0n) is 8.04. The second-order valence-corrected chi connectivity index (χ2v) is 5.38. The Balaban J connectivity index is 2.36. The van der Waals surface area contributed by atoms with Gasteiger partial charge in [0.15, 0.2) is 0 Å². The van der Waals surface area contributed by atoms with Crippen molar-refractivity contribution < 1.29 is 10.2 Å². The molecule has 0 radical (unpaired) electrons. The molecule has 0 aromatic carbocycles. The molecule has 0 spiro atoms. The Morgan fingerprint density at radius 2 is 1.75 bits per heavy atom. The SMILES string of the molecule is CC1(C)[C@@H]2C[C@@H](O)[C@@](C)(C2)[C@@H]1O. The van der Waals surface area contributed by atoms with E-state index in [-0.39, 0.29) is 23.0 Å². The van der Waals surface area contributed by atoms with E-state index < -0.39 is 0 Å². The predicted molar refractivity (Wildman–Crippen MR) is 46.6 cm³/mol. The van der Waals surface area contributed by atoms with Crippen LogP contribution in [-0.4, -0.2) is 22.4 Å². The van der Waals surface area contributed by atoms with Crippen molar-refractivity contribution in [3.63, 3.8) is 0 Å². The fraction of sp³-hybridized carbons (Fsp3) is 1.00. The van der Waals surface area contributed by atoms with Crippen molar-refractivity contribution in [1.82, 2.24) is 0 Å². The monoisotopic (exact) mass is 170 g/mol. The summed E-state index contributed by atoms with van der Waals surface area (Å²) in [5.74, 6) is 0.507. The van der Waals surface area contributed by atoms with Gasteiger partial charge in [0, 0.05) is 5.41 Å². The molecule has 4 atom stereocenters. The quantitative estimate of drug-likeness (QED) is 0.573. The Bertz CT molecular complexity index is 212. The van der Waals surface area contributed by atoms with E-state index in [0.29, 0.717) is 5.92 Å². The van der Waals surface area contributed by atoms with Crippen molar-refractivity contribution >= 4 is 0 Å². The van der Waals surface area contributed by atoms with Gasteiger partial charge in [0.1, 0.15) is 0 Å². The van der Waals surface area contributed by atoms with Crippen LogP contribution >= 0.6 is 0 Å². The summed E-state index contributed by atoms with van der Waals surface area (Å²) in [5, 5.41) is 19.7. The summed E-state index contributed by atoms with van der Waals surface area (Å²) >= 11 is 0. The topological polar surface area (TPSA) is 40.5 Å². The van der Waals surface area contributed by atoms with Crippen LogP contribution in [0.3, 0.4) is 0 Å². The normalized spacial score (nSPS) is 56.2. The summed E-state index contributed by atoms with van der Waals surface area (Å²) in [7, 11) is 0. The largest absolute Gasteiger partial charge is 0.392 e. The van der Waals surface area contributed by atoms with Gasteiger partial charge in [0.25, 0.3) is 0 Å². The first-order valence-electron chi connectivity index (χ1n) is 4.75. The minimum atomic E-state index is -0.334. The van der Waals surface area contributed by atoms with Gasteiger partial charge in [-0.2, -0.15) is 0 Å². The summed E-state index contributed by atoms with van der Waals surface area (Å²) in [6.07, 6.45) is 1.24. The van der Waals surface area contributed by atoms with Crippen LogP contribution in [0.15, 0.2) is 0 Å². The van der Waals surface area contributed by atoms with E-state index in [1.54, 1.807) is 0 Å². The van der Waals surface area contributed by atoms with E-state index in [9.17, 15) is 10.2 Å². The third-order valence-electron chi connectivity index (χ3n) is 4.34. The van der Waals surface area contributed by atoms with Gasteiger partial charge >= 0.3 is 0 Å². The average Bonchev–Trinajstić information content (AvgIpc) is 2.34. The van der Waals surface area contributed by atoms with Gasteiger partial charge in [0.2, 0.25) is 0 Å². The van der Waals surface area contributed by atoms with E-state index in [1.165, 1.54) is 0 Å². The molecule has 70 valence electrons. The van der Waals surface area contributed by atoms with Crippen LogP contribution in [0.2, 0.25) is 0 Å². The molecule has 2 nitrogen and oxygen atoms in total. The van der Waals surface area contributed by atoms with E-state index in [1.807, 2.05) is 6.92 Å². The lowest BCUT2D eigenvalue weighted by atomic mass is 9.69. The van der Waals surface area contributed by atoms with Crippen molar-refractivity contribution in [2.45, 2.75) is 45.8 Å². The maximum Gasteiger partial charge on any atom is 0.0672 e.